The summed E-state index contributed by atoms with van der Waals surface area (Å²) in [7, 11) is 0. The molecule has 4 rings (SSSR count). The summed E-state index contributed by atoms with van der Waals surface area (Å²) in [5, 5.41) is 13.9. The van der Waals surface area contributed by atoms with Crippen molar-refractivity contribution in [2.45, 2.75) is 13.3 Å². The minimum atomic E-state index is -0.993. The molecule has 1 heterocycles. The number of hydrogen-bond acceptors (Lipinski definition) is 6. The van der Waals surface area contributed by atoms with E-state index in [1.807, 2.05) is 31.2 Å². The fourth-order valence-corrected chi connectivity index (χ4v) is 3.95. The van der Waals surface area contributed by atoms with Gasteiger partial charge in [0.15, 0.2) is 0 Å². The van der Waals surface area contributed by atoms with Gasteiger partial charge in [-0.15, -0.1) is 0 Å². The first-order valence-electron chi connectivity index (χ1n) is 10.9. The highest BCUT2D eigenvalue weighted by molar-refractivity contribution is 6.39. The summed E-state index contributed by atoms with van der Waals surface area (Å²) in [5.74, 6) is -1.21. The Labute approximate surface area is 211 Å². The van der Waals surface area contributed by atoms with Crippen LogP contribution in [0.25, 0.3) is 6.08 Å². The SMILES string of the molecule is CCOc1cc(/C=C2\C(=O)NC(=O)N(c3cccc([N+](=O)[O-])c3)C2=O)ccc1Cc1ccccc1Cl. The van der Waals surface area contributed by atoms with E-state index in [0.717, 1.165) is 17.2 Å². The number of nitrogens with zero attached hydrogens (tertiary/aromatic N) is 2. The lowest BCUT2D eigenvalue weighted by Crippen LogP contribution is -2.54. The van der Waals surface area contributed by atoms with E-state index in [4.69, 9.17) is 16.3 Å². The van der Waals surface area contributed by atoms with E-state index >= 15 is 0 Å². The number of nitro groups is 1. The molecule has 9 nitrogen and oxygen atoms in total. The van der Waals surface area contributed by atoms with Gasteiger partial charge in [-0.05, 0) is 47.9 Å². The molecule has 1 aliphatic heterocycles. The van der Waals surface area contributed by atoms with Crippen molar-refractivity contribution in [3.63, 3.8) is 0 Å². The van der Waals surface area contributed by atoms with Crippen LogP contribution in [0.3, 0.4) is 0 Å². The number of anilines is 1. The van der Waals surface area contributed by atoms with Crippen molar-refractivity contribution < 1.29 is 24.0 Å². The summed E-state index contributed by atoms with van der Waals surface area (Å²) in [5.41, 5.74) is 1.64. The van der Waals surface area contributed by atoms with Crippen LogP contribution < -0.4 is 15.0 Å². The van der Waals surface area contributed by atoms with Crippen LogP contribution in [-0.4, -0.2) is 29.4 Å². The maximum Gasteiger partial charge on any atom is 0.335 e. The van der Waals surface area contributed by atoms with Gasteiger partial charge < -0.3 is 4.74 Å². The Morgan fingerprint density at radius 1 is 1.03 bits per heavy atom. The number of urea groups is 1. The Bertz CT molecular complexity index is 1420. The lowest BCUT2D eigenvalue weighted by atomic mass is 10.0. The van der Waals surface area contributed by atoms with Gasteiger partial charge >= 0.3 is 6.03 Å². The number of carbonyl (C=O) groups is 3. The van der Waals surface area contributed by atoms with Gasteiger partial charge in [-0.3, -0.25) is 25.0 Å². The number of barbiturate groups is 1. The van der Waals surface area contributed by atoms with Crippen molar-refractivity contribution in [1.29, 1.82) is 0 Å². The summed E-state index contributed by atoms with van der Waals surface area (Å²) >= 11 is 6.30. The molecule has 3 aromatic carbocycles. The molecule has 0 aromatic heterocycles. The third-order valence-corrected chi connectivity index (χ3v) is 5.81. The molecule has 0 radical (unpaired) electrons. The summed E-state index contributed by atoms with van der Waals surface area (Å²) in [6.07, 6.45) is 1.86. The molecule has 1 aliphatic rings. The van der Waals surface area contributed by atoms with Crippen LogP contribution >= 0.6 is 11.6 Å². The first kappa shape index (κ1) is 24.6. The quantitative estimate of drug-likeness (QED) is 0.211. The molecule has 0 saturated carbocycles. The van der Waals surface area contributed by atoms with Crippen LogP contribution in [-0.2, 0) is 16.0 Å². The van der Waals surface area contributed by atoms with Gasteiger partial charge in [-0.25, -0.2) is 9.69 Å². The van der Waals surface area contributed by atoms with Gasteiger partial charge in [-0.1, -0.05) is 48.0 Å². The zero-order valence-electron chi connectivity index (χ0n) is 19.1. The average Bonchev–Trinajstić information content (AvgIpc) is 2.85. The van der Waals surface area contributed by atoms with Crippen molar-refractivity contribution in [1.82, 2.24) is 5.32 Å². The smallest absolute Gasteiger partial charge is 0.335 e. The Hall–Kier alpha value is -4.50. The van der Waals surface area contributed by atoms with E-state index in [2.05, 4.69) is 5.32 Å². The second kappa shape index (κ2) is 10.4. The second-order valence-corrected chi connectivity index (χ2v) is 8.21. The number of ether oxygens (including phenoxy) is 1. The molecule has 0 bridgehead atoms. The van der Waals surface area contributed by atoms with Gasteiger partial charge in [0.25, 0.3) is 17.5 Å². The number of halogens is 1. The molecule has 1 N–H and O–H groups in total. The lowest BCUT2D eigenvalue weighted by Gasteiger charge is -2.26. The van der Waals surface area contributed by atoms with Crippen molar-refractivity contribution in [2.75, 3.05) is 11.5 Å². The molecule has 36 heavy (non-hydrogen) atoms. The van der Waals surface area contributed by atoms with Crippen molar-refractivity contribution in [3.8, 4) is 5.75 Å². The number of non-ortho nitro benzene ring substituents is 1. The van der Waals surface area contributed by atoms with Crippen molar-refractivity contribution >= 4 is 46.9 Å². The number of amides is 4. The van der Waals surface area contributed by atoms with E-state index < -0.39 is 22.8 Å². The van der Waals surface area contributed by atoms with Gasteiger partial charge in [-0.2, -0.15) is 0 Å². The van der Waals surface area contributed by atoms with E-state index in [1.54, 1.807) is 18.2 Å². The Balaban J connectivity index is 1.69. The normalized spacial score (nSPS) is 14.7. The van der Waals surface area contributed by atoms with E-state index in [9.17, 15) is 24.5 Å². The zero-order valence-corrected chi connectivity index (χ0v) is 19.8. The predicted octanol–water partition coefficient (Wildman–Crippen LogP) is 4.90. The Kier molecular flexibility index (Phi) is 7.12. The molecule has 0 atom stereocenters. The number of benzene rings is 3. The molecule has 182 valence electrons. The molecular weight excluding hydrogens is 486 g/mol. The Morgan fingerprint density at radius 2 is 1.81 bits per heavy atom. The third kappa shape index (κ3) is 5.11. The predicted molar refractivity (Wildman–Crippen MR) is 134 cm³/mol. The summed E-state index contributed by atoms with van der Waals surface area (Å²) in [4.78, 5) is 49.3. The molecule has 4 amide bonds. The number of nitrogens with one attached hydrogen (secondary N) is 1. The molecule has 1 fully saturated rings. The second-order valence-electron chi connectivity index (χ2n) is 7.80. The topological polar surface area (TPSA) is 119 Å². The summed E-state index contributed by atoms with van der Waals surface area (Å²) in [6.45, 7) is 2.23. The van der Waals surface area contributed by atoms with Crippen LogP contribution in [0, 0.1) is 10.1 Å². The monoisotopic (exact) mass is 505 g/mol. The molecule has 0 spiro atoms. The number of nitro benzene ring substituents is 1. The first-order chi connectivity index (χ1) is 17.3. The maximum absolute atomic E-state index is 13.1. The minimum Gasteiger partial charge on any atom is -0.494 e. The van der Waals surface area contributed by atoms with E-state index in [-0.39, 0.29) is 16.9 Å². The number of imide groups is 2. The number of rotatable bonds is 7. The van der Waals surface area contributed by atoms with Gasteiger partial charge in [0.1, 0.15) is 11.3 Å². The maximum atomic E-state index is 13.1. The molecule has 0 aliphatic carbocycles. The fourth-order valence-electron chi connectivity index (χ4n) is 3.75. The lowest BCUT2D eigenvalue weighted by molar-refractivity contribution is -0.384. The number of carbonyl (C=O) groups excluding carboxylic acids is 3. The van der Waals surface area contributed by atoms with E-state index in [1.165, 1.54) is 24.3 Å². The molecule has 3 aromatic rings. The van der Waals surface area contributed by atoms with Crippen molar-refractivity contribution in [2.24, 2.45) is 0 Å². The summed E-state index contributed by atoms with van der Waals surface area (Å²) in [6, 6.07) is 16.7. The van der Waals surface area contributed by atoms with Gasteiger partial charge in [0.05, 0.1) is 17.2 Å². The minimum absolute atomic E-state index is 0.0322. The Morgan fingerprint density at radius 3 is 2.53 bits per heavy atom. The van der Waals surface area contributed by atoms with Crippen LogP contribution in [0.1, 0.15) is 23.6 Å². The van der Waals surface area contributed by atoms with Gasteiger partial charge in [0, 0.05) is 23.6 Å². The van der Waals surface area contributed by atoms with E-state index in [0.29, 0.717) is 34.3 Å². The van der Waals surface area contributed by atoms with Crippen LogP contribution in [0.2, 0.25) is 5.02 Å². The zero-order chi connectivity index (χ0) is 25.8. The highest BCUT2D eigenvalue weighted by atomic mass is 35.5. The molecular formula is C26H20ClN3O6. The molecule has 1 saturated heterocycles. The fraction of sp³-hybridized carbons (Fsp3) is 0.115. The molecule has 0 unspecified atom stereocenters. The van der Waals surface area contributed by atoms with Crippen molar-refractivity contribution in [3.05, 3.63) is 104 Å². The highest BCUT2D eigenvalue weighted by Crippen LogP contribution is 2.29. The third-order valence-electron chi connectivity index (χ3n) is 5.44. The molecule has 10 heteroatoms. The summed E-state index contributed by atoms with van der Waals surface area (Å²) < 4.78 is 5.79. The van der Waals surface area contributed by atoms with Crippen LogP contribution in [0.15, 0.2) is 72.3 Å². The first-order valence-corrected chi connectivity index (χ1v) is 11.3. The van der Waals surface area contributed by atoms with Crippen LogP contribution in [0.4, 0.5) is 16.2 Å². The van der Waals surface area contributed by atoms with Crippen LogP contribution in [0.5, 0.6) is 5.75 Å². The number of hydrogen-bond donors (Lipinski definition) is 1. The highest BCUT2D eigenvalue weighted by Gasteiger charge is 2.37. The average molecular weight is 506 g/mol. The standard InChI is InChI=1S/C26H20ClN3O6/c1-2-36-23-13-16(10-11-18(23)14-17-6-3-4-9-22(17)27)12-21-24(31)28-26(33)29(25(21)32)19-7-5-8-20(15-19)30(34)35/h3-13,15H,2,14H2,1H3,(H,28,31,33)/b21-12+. The largest absolute Gasteiger partial charge is 0.494 e. The van der Waals surface area contributed by atoms with Gasteiger partial charge in [0.2, 0.25) is 0 Å².